The van der Waals surface area contributed by atoms with Crippen LogP contribution in [0.4, 0.5) is 15.9 Å². The molecule has 2 rings (SSSR count). The standard InChI is InChI=1S/C11H7BrClFN2/c12-8-2-1-5-15-11(8)16-7-3-4-10(14)9(13)6-7/h1-6H,(H,15,16). The molecule has 0 fully saturated rings. The van der Waals surface area contributed by atoms with Crippen molar-refractivity contribution in [3.05, 3.63) is 51.8 Å². The van der Waals surface area contributed by atoms with Gasteiger partial charge in [-0.25, -0.2) is 9.37 Å². The summed E-state index contributed by atoms with van der Waals surface area (Å²) in [7, 11) is 0. The van der Waals surface area contributed by atoms with Crippen LogP contribution < -0.4 is 5.32 Å². The molecule has 1 N–H and O–H groups in total. The summed E-state index contributed by atoms with van der Waals surface area (Å²) >= 11 is 9.03. The van der Waals surface area contributed by atoms with Gasteiger partial charge in [-0.1, -0.05) is 11.6 Å². The molecule has 0 atom stereocenters. The number of benzene rings is 1. The van der Waals surface area contributed by atoms with E-state index in [0.29, 0.717) is 11.5 Å². The van der Waals surface area contributed by atoms with Gasteiger partial charge in [0, 0.05) is 11.9 Å². The Bertz CT molecular complexity index is 519. The summed E-state index contributed by atoms with van der Waals surface area (Å²) in [4.78, 5) is 4.13. The summed E-state index contributed by atoms with van der Waals surface area (Å²) in [5, 5.41) is 3.11. The van der Waals surface area contributed by atoms with Gasteiger partial charge in [0.05, 0.1) is 9.50 Å². The zero-order chi connectivity index (χ0) is 11.5. The molecule has 1 aromatic heterocycles. The van der Waals surface area contributed by atoms with Crippen molar-refractivity contribution in [2.75, 3.05) is 5.32 Å². The van der Waals surface area contributed by atoms with Gasteiger partial charge in [-0.05, 0) is 46.3 Å². The Hall–Kier alpha value is -1.13. The molecule has 0 bridgehead atoms. The van der Waals surface area contributed by atoms with Gasteiger partial charge >= 0.3 is 0 Å². The third-order valence-electron chi connectivity index (χ3n) is 1.94. The lowest BCUT2D eigenvalue weighted by Crippen LogP contribution is -1.94. The summed E-state index contributed by atoms with van der Waals surface area (Å²) in [6.45, 7) is 0. The number of anilines is 2. The van der Waals surface area contributed by atoms with Gasteiger partial charge in [-0.3, -0.25) is 0 Å². The average Bonchev–Trinajstić information content (AvgIpc) is 2.27. The number of hydrogen-bond donors (Lipinski definition) is 1. The normalized spacial score (nSPS) is 10.2. The number of halogens is 3. The lowest BCUT2D eigenvalue weighted by atomic mass is 10.3. The van der Waals surface area contributed by atoms with Crippen LogP contribution in [-0.2, 0) is 0 Å². The monoisotopic (exact) mass is 300 g/mol. The van der Waals surface area contributed by atoms with E-state index in [4.69, 9.17) is 11.6 Å². The summed E-state index contributed by atoms with van der Waals surface area (Å²) < 4.78 is 13.8. The molecular formula is C11H7BrClFN2. The molecule has 5 heteroatoms. The molecule has 0 unspecified atom stereocenters. The fourth-order valence-electron chi connectivity index (χ4n) is 1.19. The van der Waals surface area contributed by atoms with Gasteiger partial charge in [0.15, 0.2) is 0 Å². The number of rotatable bonds is 2. The second-order valence-electron chi connectivity index (χ2n) is 3.09. The van der Waals surface area contributed by atoms with Crippen molar-refractivity contribution < 1.29 is 4.39 Å². The Kier molecular flexibility index (Phi) is 3.41. The maximum absolute atomic E-state index is 12.9. The van der Waals surface area contributed by atoms with E-state index in [-0.39, 0.29) is 5.02 Å². The summed E-state index contributed by atoms with van der Waals surface area (Å²) in [5.74, 6) is 0.220. The second kappa shape index (κ2) is 4.80. The van der Waals surface area contributed by atoms with Crippen LogP contribution in [0, 0.1) is 5.82 Å². The highest BCUT2D eigenvalue weighted by molar-refractivity contribution is 9.10. The Morgan fingerprint density at radius 1 is 1.31 bits per heavy atom. The van der Waals surface area contributed by atoms with E-state index >= 15 is 0 Å². The third kappa shape index (κ3) is 2.51. The topological polar surface area (TPSA) is 24.9 Å². The molecule has 0 aliphatic heterocycles. The number of aromatic nitrogens is 1. The molecule has 16 heavy (non-hydrogen) atoms. The molecule has 0 saturated heterocycles. The zero-order valence-electron chi connectivity index (χ0n) is 8.05. The van der Waals surface area contributed by atoms with Crippen LogP contribution in [0.2, 0.25) is 5.02 Å². The van der Waals surface area contributed by atoms with Gasteiger partial charge in [0.2, 0.25) is 0 Å². The van der Waals surface area contributed by atoms with Crippen LogP contribution in [0.5, 0.6) is 0 Å². The smallest absolute Gasteiger partial charge is 0.144 e. The lowest BCUT2D eigenvalue weighted by Gasteiger charge is -2.07. The van der Waals surface area contributed by atoms with E-state index in [1.807, 2.05) is 12.1 Å². The van der Waals surface area contributed by atoms with Crippen LogP contribution in [0.1, 0.15) is 0 Å². The third-order valence-corrected chi connectivity index (χ3v) is 2.87. The number of nitrogens with one attached hydrogen (secondary N) is 1. The first-order valence-electron chi connectivity index (χ1n) is 4.49. The van der Waals surface area contributed by atoms with Crippen molar-refractivity contribution in [2.24, 2.45) is 0 Å². The number of nitrogens with zero attached hydrogens (tertiary/aromatic N) is 1. The van der Waals surface area contributed by atoms with Gasteiger partial charge in [-0.15, -0.1) is 0 Å². The minimum atomic E-state index is -0.438. The molecule has 0 aliphatic carbocycles. The van der Waals surface area contributed by atoms with Gasteiger partial charge < -0.3 is 5.32 Å². The van der Waals surface area contributed by atoms with E-state index < -0.39 is 5.82 Å². The fourth-order valence-corrected chi connectivity index (χ4v) is 1.72. The molecule has 1 aromatic carbocycles. The highest BCUT2D eigenvalue weighted by Crippen LogP contribution is 2.25. The molecule has 0 aliphatic rings. The molecule has 82 valence electrons. The Labute approximate surface area is 106 Å². The SMILES string of the molecule is Fc1ccc(Nc2ncccc2Br)cc1Cl. The predicted molar refractivity (Wildman–Crippen MR) is 66.6 cm³/mol. The fraction of sp³-hybridized carbons (Fsp3) is 0. The van der Waals surface area contributed by atoms with Crippen molar-refractivity contribution in [2.45, 2.75) is 0 Å². The Morgan fingerprint density at radius 2 is 2.12 bits per heavy atom. The van der Waals surface area contributed by atoms with E-state index in [1.54, 1.807) is 12.3 Å². The van der Waals surface area contributed by atoms with Crippen LogP contribution in [0.3, 0.4) is 0 Å². The van der Waals surface area contributed by atoms with Crippen molar-refractivity contribution in [1.29, 1.82) is 0 Å². The largest absolute Gasteiger partial charge is 0.339 e. The van der Waals surface area contributed by atoms with Crippen molar-refractivity contribution in [1.82, 2.24) is 4.98 Å². The van der Waals surface area contributed by atoms with Crippen LogP contribution in [-0.4, -0.2) is 4.98 Å². The Morgan fingerprint density at radius 3 is 2.81 bits per heavy atom. The minimum Gasteiger partial charge on any atom is -0.339 e. The van der Waals surface area contributed by atoms with Crippen LogP contribution in [0.25, 0.3) is 0 Å². The zero-order valence-corrected chi connectivity index (χ0v) is 10.4. The first-order chi connectivity index (χ1) is 7.66. The van der Waals surface area contributed by atoms with Gasteiger partial charge in [0.25, 0.3) is 0 Å². The van der Waals surface area contributed by atoms with Gasteiger partial charge in [-0.2, -0.15) is 0 Å². The quantitative estimate of drug-likeness (QED) is 0.890. The second-order valence-corrected chi connectivity index (χ2v) is 4.35. The first-order valence-corrected chi connectivity index (χ1v) is 5.66. The first kappa shape index (κ1) is 11.4. The van der Waals surface area contributed by atoms with E-state index in [9.17, 15) is 4.39 Å². The van der Waals surface area contributed by atoms with Crippen LogP contribution >= 0.6 is 27.5 Å². The highest BCUT2D eigenvalue weighted by atomic mass is 79.9. The maximum atomic E-state index is 12.9. The Balaban J connectivity index is 2.28. The highest BCUT2D eigenvalue weighted by Gasteiger charge is 2.03. The molecule has 0 spiro atoms. The molecule has 2 aromatic rings. The summed E-state index contributed by atoms with van der Waals surface area (Å²) in [6, 6.07) is 8.09. The maximum Gasteiger partial charge on any atom is 0.144 e. The number of hydrogen-bond acceptors (Lipinski definition) is 2. The van der Waals surface area contributed by atoms with E-state index in [0.717, 1.165) is 4.47 Å². The molecular weight excluding hydrogens is 294 g/mol. The van der Waals surface area contributed by atoms with E-state index in [1.165, 1.54) is 12.1 Å². The van der Waals surface area contributed by atoms with Crippen molar-refractivity contribution >= 4 is 39.0 Å². The molecule has 0 amide bonds. The summed E-state index contributed by atoms with van der Waals surface area (Å²) in [5.41, 5.74) is 0.686. The van der Waals surface area contributed by atoms with Crippen molar-refractivity contribution in [3.63, 3.8) is 0 Å². The molecule has 0 radical (unpaired) electrons. The van der Waals surface area contributed by atoms with E-state index in [2.05, 4.69) is 26.2 Å². The van der Waals surface area contributed by atoms with Gasteiger partial charge in [0.1, 0.15) is 11.6 Å². The van der Waals surface area contributed by atoms with Crippen LogP contribution in [0.15, 0.2) is 41.0 Å². The summed E-state index contributed by atoms with van der Waals surface area (Å²) in [6.07, 6.45) is 1.66. The van der Waals surface area contributed by atoms with Crippen molar-refractivity contribution in [3.8, 4) is 0 Å². The number of pyridine rings is 1. The minimum absolute atomic E-state index is 0.0806. The predicted octanol–water partition coefficient (Wildman–Crippen LogP) is 4.38. The molecule has 2 nitrogen and oxygen atoms in total. The lowest BCUT2D eigenvalue weighted by molar-refractivity contribution is 0.628. The molecule has 0 saturated carbocycles. The molecule has 1 heterocycles. The average molecular weight is 302 g/mol.